The fraction of sp³-hybridized carbons (Fsp3) is 0.647. The minimum absolute atomic E-state index is 0.753. The molecule has 1 aliphatic heterocycles. The average Bonchev–Trinajstić information content (AvgIpc) is 3.43. The minimum Gasteiger partial charge on any atom is -0.379 e. The summed E-state index contributed by atoms with van der Waals surface area (Å²) in [6.07, 6.45) is 4.54. The van der Waals surface area contributed by atoms with Crippen LogP contribution in [0.5, 0.6) is 0 Å². The predicted octanol–water partition coefficient (Wildman–Crippen LogP) is 1.21. The lowest BCUT2D eigenvalue weighted by atomic mass is 10.3. The van der Waals surface area contributed by atoms with E-state index in [0.29, 0.717) is 0 Å². The molecule has 0 spiro atoms. The van der Waals surface area contributed by atoms with Gasteiger partial charge in [-0.1, -0.05) is 6.07 Å². The summed E-state index contributed by atoms with van der Waals surface area (Å²) in [7, 11) is 1.85. The van der Waals surface area contributed by atoms with E-state index in [1.54, 1.807) is 0 Å². The van der Waals surface area contributed by atoms with E-state index in [9.17, 15) is 0 Å². The molecule has 2 fully saturated rings. The summed E-state index contributed by atoms with van der Waals surface area (Å²) in [4.78, 5) is 13.5. The molecule has 2 aliphatic rings. The molecule has 0 atom stereocenters. The summed E-state index contributed by atoms with van der Waals surface area (Å²) in [6.45, 7) is 6.34. The van der Waals surface area contributed by atoms with Crippen LogP contribution < -0.4 is 10.2 Å². The number of ether oxygens (including phenoxy) is 1. The normalized spacial score (nSPS) is 19.1. The van der Waals surface area contributed by atoms with Gasteiger partial charge in [-0.05, 0) is 30.9 Å². The third-order valence-electron chi connectivity index (χ3n) is 4.34. The molecule has 0 bridgehead atoms. The van der Waals surface area contributed by atoms with Gasteiger partial charge >= 0.3 is 0 Å². The Bertz CT molecular complexity index is 495. The van der Waals surface area contributed by atoms with Crippen molar-refractivity contribution in [3.05, 3.63) is 24.4 Å². The molecule has 1 N–H and O–H groups in total. The van der Waals surface area contributed by atoms with Crippen molar-refractivity contribution in [3.63, 3.8) is 0 Å². The van der Waals surface area contributed by atoms with Crippen molar-refractivity contribution in [1.82, 2.24) is 15.2 Å². The summed E-state index contributed by atoms with van der Waals surface area (Å²) >= 11 is 0. The Balaban J connectivity index is 1.38. The maximum atomic E-state index is 5.66. The lowest BCUT2D eigenvalue weighted by Crippen LogP contribution is -2.53. The maximum Gasteiger partial charge on any atom is 0.193 e. The van der Waals surface area contributed by atoms with Crippen LogP contribution in [0.1, 0.15) is 12.8 Å². The van der Waals surface area contributed by atoms with E-state index in [1.165, 1.54) is 12.8 Å². The van der Waals surface area contributed by atoms with E-state index in [-0.39, 0.29) is 0 Å². The minimum atomic E-state index is 0.753. The lowest BCUT2D eigenvalue weighted by Gasteiger charge is -2.37. The molecule has 23 heavy (non-hydrogen) atoms. The van der Waals surface area contributed by atoms with Crippen molar-refractivity contribution in [2.24, 2.45) is 10.9 Å². The second-order valence-electron chi connectivity index (χ2n) is 6.15. The van der Waals surface area contributed by atoms with E-state index in [4.69, 9.17) is 4.74 Å². The Labute approximate surface area is 138 Å². The number of nitrogens with zero attached hydrogens (tertiary/aromatic N) is 4. The van der Waals surface area contributed by atoms with Crippen molar-refractivity contribution in [3.8, 4) is 0 Å². The molecule has 1 aromatic heterocycles. The van der Waals surface area contributed by atoms with Gasteiger partial charge in [0.05, 0.1) is 6.61 Å². The van der Waals surface area contributed by atoms with E-state index >= 15 is 0 Å². The molecular formula is C17H27N5O. The summed E-state index contributed by atoms with van der Waals surface area (Å²) in [5.41, 5.74) is 0. The Morgan fingerprint density at radius 3 is 2.78 bits per heavy atom. The topological polar surface area (TPSA) is 53.0 Å². The van der Waals surface area contributed by atoms with Gasteiger partial charge in [-0.2, -0.15) is 0 Å². The lowest BCUT2D eigenvalue weighted by molar-refractivity contribution is 0.128. The summed E-state index contributed by atoms with van der Waals surface area (Å²) in [5.74, 6) is 2.86. The summed E-state index contributed by atoms with van der Waals surface area (Å²) in [6, 6.07) is 6.06. The van der Waals surface area contributed by atoms with Gasteiger partial charge in [-0.15, -0.1) is 0 Å². The van der Waals surface area contributed by atoms with E-state index in [0.717, 1.165) is 63.6 Å². The number of rotatable bonds is 6. The van der Waals surface area contributed by atoms with Crippen molar-refractivity contribution >= 4 is 11.8 Å². The van der Waals surface area contributed by atoms with Crippen LogP contribution in [0.2, 0.25) is 0 Å². The standard InChI is InChI=1S/C17H27N5O/c1-18-17(20-8-13-23-14-15-5-6-15)22-11-9-21(10-12-22)16-4-2-3-7-19-16/h2-4,7,15H,5-6,8-14H2,1H3,(H,18,20). The highest BCUT2D eigenvalue weighted by molar-refractivity contribution is 5.80. The highest BCUT2D eigenvalue weighted by atomic mass is 16.5. The number of aliphatic imine (C=N–C) groups is 1. The number of hydrogen-bond donors (Lipinski definition) is 1. The molecule has 0 unspecified atom stereocenters. The van der Waals surface area contributed by atoms with Gasteiger partial charge in [0.1, 0.15) is 5.82 Å². The van der Waals surface area contributed by atoms with Gasteiger partial charge in [-0.3, -0.25) is 4.99 Å². The molecule has 3 rings (SSSR count). The summed E-state index contributed by atoms with van der Waals surface area (Å²) < 4.78 is 5.66. The zero-order valence-electron chi connectivity index (χ0n) is 13.9. The van der Waals surface area contributed by atoms with Crippen molar-refractivity contribution in [1.29, 1.82) is 0 Å². The Morgan fingerprint density at radius 1 is 1.30 bits per heavy atom. The largest absolute Gasteiger partial charge is 0.379 e. The molecule has 1 aromatic rings. The van der Waals surface area contributed by atoms with Crippen LogP contribution in [0.15, 0.2) is 29.4 Å². The van der Waals surface area contributed by atoms with Gasteiger partial charge in [0.2, 0.25) is 0 Å². The first kappa shape index (κ1) is 16.1. The molecule has 2 heterocycles. The highest BCUT2D eigenvalue weighted by Gasteiger charge is 2.21. The molecule has 1 saturated carbocycles. The highest BCUT2D eigenvalue weighted by Crippen LogP contribution is 2.28. The quantitative estimate of drug-likeness (QED) is 0.485. The molecule has 1 aliphatic carbocycles. The first-order valence-electron chi connectivity index (χ1n) is 8.56. The van der Waals surface area contributed by atoms with Crippen molar-refractivity contribution in [2.75, 3.05) is 57.9 Å². The Morgan fingerprint density at radius 2 is 2.13 bits per heavy atom. The van der Waals surface area contributed by atoms with Gasteiger partial charge in [0, 0.05) is 52.6 Å². The fourth-order valence-electron chi connectivity index (χ4n) is 2.79. The zero-order chi connectivity index (χ0) is 15.9. The van der Waals surface area contributed by atoms with Crippen molar-refractivity contribution < 1.29 is 4.74 Å². The monoisotopic (exact) mass is 317 g/mol. The van der Waals surface area contributed by atoms with E-state index in [1.807, 2.05) is 25.4 Å². The van der Waals surface area contributed by atoms with Crippen LogP contribution in [0.4, 0.5) is 5.82 Å². The molecule has 126 valence electrons. The number of nitrogens with one attached hydrogen (secondary N) is 1. The third-order valence-corrected chi connectivity index (χ3v) is 4.34. The third kappa shape index (κ3) is 4.82. The maximum absolute atomic E-state index is 5.66. The Kier molecular flexibility index (Phi) is 5.69. The Hall–Kier alpha value is -1.82. The number of anilines is 1. The van der Waals surface area contributed by atoms with Gasteiger partial charge in [0.25, 0.3) is 0 Å². The first-order valence-corrected chi connectivity index (χ1v) is 8.56. The van der Waals surface area contributed by atoms with Gasteiger partial charge in [-0.25, -0.2) is 4.98 Å². The van der Waals surface area contributed by atoms with Crippen LogP contribution in [0, 0.1) is 5.92 Å². The number of guanidine groups is 1. The van der Waals surface area contributed by atoms with Crippen LogP contribution in [0.3, 0.4) is 0 Å². The van der Waals surface area contributed by atoms with Crippen LogP contribution in [-0.2, 0) is 4.74 Å². The number of piperazine rings is 1. The average molecular weight is 317 g/mol. The van der Waals surface area contributed by atoms with Crippen LogP contribution >= 0.6 is 0 Å². The van der Waals surface area contributed by atoms with E-state index < -0.39 is 0 Å². The van der Waals surface area contributed by atoms with Crippen LogP contribution in [0.25, 0.3) is 0 Å². The molecule has 0 aromatic carbocycles. The van der Waals surface area contributed by atoms with Crippen LogP contribution in [-0.4, -0.2) is 68.8 Å². The summed E-state index contributed by atoms with van der Waals surface area (Å²) in [5, 5.41) is 3.40. The molecule has 0 amide bonds. The first-order chi connectivity index (χ1) is 11.4. The molecular weight excluding hydrogens is 290 g/mol. The molecule has 6 nitrogen and oxygen atoms in total. The second-order valence-corrected chi connectivity index (χ2v) is 6.15. The predicted molar refractivity (Wildman–Crippen MR) is 92.9 cm³/mol. The van der Waals surface area contributed by atoms with Gasteiger partial charge < -0.3 is 19.9 Å². The van der Waals surface area contributed by atoms with E-state index in [2.05, 4.69) is 31.2 Å². The second kappa shape index (κ2) is 8.15. The number of aromatic nitrogens is 1. The molecule has 6 heteroatoms. The number of hydrogen-bond acceptors (Lipinski definition) is 4. The zero-order valence-corrected chi connectivity index (χ0v) is 13.9. The number of pyridine rings is 1. The van der Waals surface area contributed by atoms with Gasteiger partial charge in [0.15, 0.2) is 5.96 Å². The molecule has 0 radical (unpaired) electrons. The fourth-order valence-corrected chi connectivity index (χ4v) is 2.79. The molecule has 1 saturated heterocycles. The van der Waals surface area contributed by atoms with Crippen molar-refractivity contribution in [2.45, 2.75) is 12.8 Å². The smallest absolute Gasteiger partial charge is 0.193 e. The SMILES string of the molecule is CN=C(NCCOCC1CC1)N1CCN(c2ccccn2)CC1.